The van der Waals surface area contributed by atoms with Gasteiger partial charge in [-0.3, -0.25) is 9.59 Å². The number of nitrogens with zero attached hydrogens (tertiary/aromatic N) is 1. The van der Waals surface area contributed by atoms with Crippen LogP contribution in [0.4, 0.5) is 4.79 Å². The van der Waals surface area contributed by atoms with Gasteiger partial charge in [-0.15, -0.1) is 0 Å². The maximum Gasteiger partial charge on any atom is 0.312 e. The van der Waals surface area contributed by atoms with Gasteiger partial charge in [0.05, 0.1) is 12.5 Å². The summed E-state index contributed by atoms with van der Waals surface area (Å²) in [4.78, 5) is 35.8. The number of rotatable bonds is 8. The molecule has 0 aliphatic carbocycles. The number of nitrogens with one attached hydrogen (secondary N) is 1. The molecule has 1 unspecified atom stereocenters. The largest absolute Gasteiger partial charge is 0.481 e. The predicted molar refractivity (Wildman–Crippen MR) is 90.0 cm³/mol. The van der Waals surface area contributed by atoms with Crippen LogP contribution < -0.4 is 11.1 Å². The molecule has 8 nitrogen and oxygen atoms in total. The zero-order chi connectivity index (χ0) is 18.2. The first-order chi connectivity index (χ1) is 12.0. The second-order valence-corrected chi connectivity index (χ2v) is 5.94. The summed E-state index contributed by atoms with van der Waals surface area (Å²) in [6.45, 7) is 1.48. The number of carboxylic acids is 1. The summed E-state index contributed by atoms with van der Waals surface area (Å²) < 4.78 is 5.56. The Balaban J connectivity index is 2.02. The van der Waals surface area contributed by atoms with Crippen LogP contribution in [-0.4, -0.2) is 53.7 Å². The summed E-state index contributed by atoms with van der Waals surface area (Å²) in [5.74, 6) is -1.18. The van der Waals surface area contributed by atoms with Crippen LogP contribution in [0, 0.1) is 0 Å². The predicted octanol–water partition coefficient (Wildman–Crippen LogP) is 0.951. The molecule has 1 aliphatic rings. The number of urea groups is 1. The molecule has 0 bridgehead atoms. The Hall–Kier alpha value is -2.61. The SMILES string of the molecule is NC(=O)NCc1ccc(C(=O)N(CCC(=O)O)CC2CCCO2)cc1. The van der Waals surface area contributed by atoms with Gasteiger partial charge in [0, 0.05) is 31.8 Å². The summed E-state index contributed by atoms with van der Waals surface area (Å²) in [6.07, 6.45) is 1.66. The minimum absolute atomic E-state index is 0.0446. The van der Waals surface area contributed by atoms with Crippen molar-refractivity contribution >= 4 is 17.9 Å². The monoisotopic (exact) mass is 349 g/mol. The van der Waals surface area contributed by atoms with Gasteiger partial charge in [0.15, 0.2) is 0 Å². The lowest BCUT2D eigenvalue weighted by Crippen LogP contribution is -2.38. The van der Waals surface area contributed by atoms with Crippen molar-refractivity contribution in [2.75, 3.05) is 19.7 Å². The molecule has 1 heterocycles. The fourth-order valence-corrected chi connectivity index (χ4v) is 2.68. The summed E-state index contributed by atoms with van der Waals surface area (Å²) in [5, 5.41) is 11.4. The lowest BCUT2D eigenvalue weighted by Gasteiger charge is -2.25. The molecule has 1 aromatic carbocycles. The van der Waals surface area contributed by atoms with Crippen molar-refractivity contribution in [3.63, 3.8) is 0 Å². The van der Waals surface area contributed by atoms with E-state index < -0.39 is 12.0 Å². The Morgan fingerprint density at radius 3 is 2.56 bits per heavy atom. The minimum Gasteiger partial charge on any atom is -0.481 e. The number of amides is 3. The van der Waals surface area contributed by atoms with Crippen LogP contribution in [0.25, 0.3) is 0 Å². The fourth-order valence-electron chi connectivity index (χ4n) is 2.68. The quantitative estimate of drug-likeness (QED) is 0.645. The molecule has 8 heteroatoms. The number of hydrogen-bond donors (Lipinski definition) is 3. The molecule has 1 saturated heterocycles. The van der Waals surface area contributed by atoms with Gasteiger partial charge in [0.1, 0.15) is 0 Å². The summed E-state index contributed by atoms with van der Waals surface area (Å²) in [6, 6.07) is 6.15. The molecule has 0 spiro atoms. The van der Waals surface area contributed by atoms with Gasteiger partial charge in [-0.2, -0.15) is 0 Å². The van der Waals surface area contributed by atoms with Gasteiger partial charge < -0.3 is 25.8 Å². The highest BCUT2D eigenvalue weighted by atomic mass is 16.5. The zero-order valence-electron chi connectivity index (χ0n) is 13.9. The Bertz CT molecular complexity index is 611. The maximum absolute atomic E-state index is 12.7. The van der Waals surface area contributed by atoms with Crippen LogP contribution >= 0.6 is 0 Å². The average Bonchev–Trinajstić information content (AvgIpc) is 3.09. The Morgan fingerprint density at radius 1 is 1.28 bits per heavy atom. The zero-order valence-corrected chi connectivity index (χ0v) is 13.9. The molecule has 1 aromatic rings. The van der Waals surface area contributed by atoms with Crippen LogP contribution in [-0.2, 0) is 16.1 Å². The number of carboxylic acid groups (broad SMARTS) is 1. The lowest BCUT2D eigenvalue weighted by molar-refractivity contribution is -0.137. The van der Waals surface area contributed by atoms with E-state index in [9.17, 15) is 14.4 Å². The number of carbonyl (C=O) groups excluding carboxylic acids is 2. The van der Waals surface area contributed by atoms with Gasteiger partial charge in [0.2, 0.25) is 0 Å². The molecule has 3 amide bonds. The van der Waals surface area contributed by atoms with Crippen molar-refractivity contribution in [2.24, 2.45) is 5.73 Å². The van der Waals surface area contributed by atoms with Crippen molar-refractivity contribution < 1.29 is 24.2 Å². The van der Waals surface area contributed by atoms with Crippen LogP contribution in [0.15, 0.2) is 24.3 Å². The van der Waals surface area contributed by atoms with E-state index in [1.165, 1.54) is 4.90 Å². The molecular weight excluding hydrogens is 326 g/mol. The molecule has 25 heavy (non-hydrogen) atoms. The molecule has 1 atom stereocenters. The number of ether oxygens (including phenoxy) is 1. The van der Waals surface area contributed by atoms with E-state index in [1.807, 2.05) is 0 Å². The van der Waals surface area contributed by atoms with Gasteiger partial charge in [0.25, 0.3) is 5.91 Å². The van der Waals surface area contributed by atoms with Crippen LogP contribution in [0.1, 0.15) is 35.2 Å². The van der Waals surface area contributed by atoms with Crippen molar-refractivity contribution in [3.05, 3.63) is 35.4 Å². The van der Waals surface area contributed by atoms with Gasteiger partial charge in [-0.05, 0) is 30.5 Å². The van der Waals surface area contributed by atoms with E-state index in [0.717, 1.165) is 18.4 Å². The lowest BCUT2D eigenvalue weighted by atomic mass is 10.1. The summed E-state index contributed by atoms with van der Waals surface area (Å²) in [5.41, 5.74) is 6.30. The second-order valence-electron chi connectivity index (χ2n) is 5.94. The van der Waals surface area contributed by atoms with E-state index in [2.05, 4.69) is 5.32 Å². The van der Waals surface area contributed by atoms with Gasteiger partial charge >= 0.3 is 12.0 Å². The molecule has 1 fully saturated rings. The smallest absolute Gasteiger partial charge is 0.312 e. The normalized spacial score (nSPS) is 16.4. The van der Waals surface area contributed by atoms with E-state index in [1.54, 1.807) is 24.3 Å². The number of benzene rings is 1. The van der Waals surface area contributed by atoms with Crippen LogP contribution in [0.2, 0.25) is 0 Å². The van der Waals surface area contributed by atoms with Crippen molar-refractivity contribution in [1.29, 1.82) is 0 Å². The average molecular weight is 349 g/mol. The summed E-state index contributed by atoms with van der Waals surface area (Å²) in [7, 11) is 0. The molecule has 136 valence electrons. The highest BCUT2D eigenvalue weighted by Gasteiger charge is 2.23. The topological polar surface area (TPSA) is 122 Å². The van der Waals surface area contributed by atoms with Crippen molar-refractivity contribution in [2.45, 2.75) is 31.9 Å². The minimum atomic E-state index is -0.946. The fraction of sp³-hybridized carbons (Fsp3) is 0.471. The third kappa shape index (κ3) is 6.07. The highest BCUT2D eigenvalue weighted by Crippen LogP contribution is 2.16. The maximum atomic E-state index is 12.7. The van der Waals surface area contributed by atoms with Crippen molar-refractivity contribution in [1.82, 2.24) is 10.2 Å². The standard InChI is InChI=1S/C17H23N3O5/c18-17(24)19-10-12-3-5-13(6-4-12)16(23)20(8-7-15(21)22)11-14-2-1-9-25-14/h3-6,14H,1-2,7-11H2,(H,21,22)(H3,18,19,24). The molecular formula is C17H23N3O5. The highest BCUT2D eigenvalue weighted by molar-refractivity contribution is 5.94. The molecule has 0 saturated carbocycles. The Labute approximate surface area is 145 Å². The molecule has 4 N–H and O–H groups in total. The van der Waals surface area contributed by atoms with E-state index in [0.29, 0.717) is 18.7 Å². The summed E-state index contributed by atoms with van der Waals surface area (Å²) >= 11 is 0. The van der Waals surface area contributed by atoms with E-state index >= 15 is 0 Å². The number of aliphatic carboxylic acids is 1. The Kier molecular flexibility index (Phi) is 6.76. The van der Waals surface area contributed by atoms with E-state index in [4.69, 9.17) is 15.6 Å². The van der Waals surface area contributed by atoms with Crippen LogP contribution in [0.5, 0.6) is 0 Å². The first kappa shape index (κ1) is 18.7. The van der Waals surface area contributed by atoms with Gasteiger partial charge in [-0.1, -0.05) is 12.1 Å². The van der Waals surface area contributed by atoms with Crippen LogP contribution in [0.3, 0.4) is 0 Å². The number of carbonyl (C=O) groups is 3. The first-order valence-electron chi connectivity index (χ1n) is 8.20. The van der Waals surface area contributed by atoms with E-state index in [-0.39, 0.29) is 31.5 Å². The number of hydrogen-bond acceptors (Lipinski definition) is 4. The first-order valence-corrected chi connectivity index (χ1v) is 8.20. The molecule has 1 aliphatic heterocycles. The number of nitrogens with two attached hydrogens (primary N) is 1. The van der Waals surface area contributed by atoms with Gasteiger partial charge in [-0.25, -0.2) is 4.79 Å². The third-order valence-electron chi connectivity index (χ3n) is 4.00. The molecule has 0 aromatic heterocycles. The van der Waals surface area contributed by atoms with Crippen molar-refractivity contribution in [3.8, 4) is 0 Å². The number of primary amides is 1. The third-order valence-corrected chi connectivity index (χ3v) is 4.00. The molecule has 2 rings (SSSR count). The Morgan fingerprint density at radius 2 is 2.00 bits per heavy atom. The second kappa shape index (κ2) is 9.03. The molecule has 0 radical (unpaired) electrons.